The van der Waals surface area contributed by atoms with Crippen molar-refractivity contribution >= 4 is 22.9 Å². The second-order valence-corrected chi connectivity index (χ2v) is 5.69. The van der Waals surface area contributed by atoms with Gasteiger partial charge in [0.05, 0.1) is 11.2 Å². The van der Waals surface area contributed by atoms with Crippen molar-refractivity contribution in [2.24, 2.45) is 5.73 Å². The average molecular weight is 358 g/mol. The van der Waals surface area contributed by atoms with Crippen LogP contribution in [0.4, 0.5) is 5.69 Å². The Morgan fingerprint density at radius 1 is 1.04 bits per heavy atom. The lowest BCUT2D eigenvalue weighted by molar-refractivity contribution is 0.823. The summed E-state index contributed by atoms with van der Waals surface area (Å²) in [6, 6.07) is 18.2. The van der Waals surface area contributed by atoms with E-state index in [1.54, 1.807) is 6.20 Å². The average Bonchev–Trinajstić information content (AvgIpc) is 3.12. The number of thiocarbonyl (C=S) groups is 1. The number of nitrogens with one attached hydrogen (secondary N) is 2. The Hall–Kier alpha value is -2.58. The van der Waals surface area contributed by atoms with E-state index >= 15 is 0 Å². The number of anilines is 1. The van der Waals surface area contributed by atoms with Crippen molar-refractivity contribution in [1.29, 1.82) is 0 Å². The van der Waals surface area contributed by atoms with E-state index in [0.29, 0.717) is 6.54 Å². The summed E-state index contributed by atoms with van der Waals surface area (Å²) in [6.45, 7) is 0.475. The molecule has 0 spiro atoms. The number of hydrogen-bond acceptors (Lipinski definition) is 3. The Labute approximate surface area is 151 Å². The summed E-state index contributed by atoms with van der Waals surface area (Å²) in [6.07, 6.45) is 3.67. The zero-order chi connectivity index (χ0) is 16.1. The number of nitrogens with two attached hydrogens (primary N) is 1. The van der Waals surface area contributed by atoms with Gasteiger partial charge >= 0.3 is 0 Å². The Kier molecular flexibility index (Phi) is 7.90. The van der Waals surface area contributed by atoms with Crippen LogP contribution in [0.3, 0.4) is 0 Å². The van der Waals surface area contributed by atoms with Crippen molar-refractivity contribution in [3.05, 3.63) is 72.6 Å². The van der Waals surface area contributed by atoms with Gasteiger partial charge in [-0.15, -0.1) is 0 Å². The molecule has 0 fully saturated rings. The fourth-order valence-corrected chi connectivity index (χ4v) is 2.81. The molecule has 132 valence electrons. The zero-order valence-corrected chi connectivity index (χ0v) is 14.4. The number of aromatic nitrogens is 2. The van der Waals surface area contributed by atoms with E-state index in [4.69, 9.17) is 18.0 Å². The van der Waals surface area contributed by atoms with Crippen molar-refractivity contribution in [3.63, 3.8) is 0 Å². The zero-order valence-electron chi connectivity index (χ0n) is 13.6. The maximum absolute atomic E-state index is 5.91. The molecule has 0 aliphatic carbocycles. The van der Waals surface area contributed by atoms with E-state index in [1.807, 2.05) is 60.8 Å². The van der Waals surface area contributed by atoms with E-state index in [0.717, 1.165) is 27.4 Å². The minimum Gasteiger partial charge on any atom is -0.412 e. The molecular formula is C18H22N4O2S. The number of aromatic amines is 1. The van der Waals surface area contributed by atoms with Gasteiger partial charge in [0.1, 0.15) is 0 Å². The fraction of sp³-hybridized carbons (Fsp3) is 0.111. The monoisotopic (exact) mass is 358 g/mol. The van der Waals surface area contributed by atoms with E-state index < -0.39 is 0 Å². The molecule has 0 aliphatic rings. The third-order valence-electron chi connectivity index (χ3n) is 3.74. The molecule has 1 aromatic heterocycles. The minimum absolute atomic E-state index is 0. The largest absolute Gasteiger partial charge is 0.412 e. The van der Waals surface area contributed by atoms with Crippen molar-refractivity contribution in [1.82, 2.24) is 10.2 Å². The van der Waals surface area contributed by atoms with Crippen LogP contribution in [-0.4, -0.2) is 32.7 Å². The van der Waals surface area contributed by atoms with E-state index in [1.165, 1.54) is 0 Å². The van der Waals surface area contributed by atoms with Crippen LogP contribution in [0.15, 0.2) is 67.0 Å². The Bertz CT molecular complexity index is 762. The summed E-state index contributed by atoms with van der Waals surface area (Å²) in [5.74, 6) is 0.0137. The van der Waals surface area contributed by atoms with Crippen molar-refractivity contribution in [2.45, 2.75) is 5.92 Å². The van der Waals surface area contributed by atoms with Crippen LogP contribution in [-0.2, 0) is 0 Å². The van der Waals surface area contributed by atoms with Gasteiger partial charge in [-0.05, 0) is 23.3 Å². The molecule has 1 atom stereocenters. The predicted octanol–water partition coefficient (Wildman–Crippen LogP) is 1.91. The number of rotatable bonds is 5. The van der Waals surface area contributed by atoms with Crippen LogP contribution in [0.25, 0.3) is 11.1 Å². The third-order valence-corrected chi connectivity index (χ3v) is 4.12. The molecule has 1 heterocycles. The summed E-state index contributed by atoms with van der Waals surface area (Å²) in [4.78, 5) is 0.731. The van der Waals surface area contributed by atoms with Gasteiger partial charge in [-0.2, -0.15) is 5.10 Å². The number of nitrogens with zero attached hydrogens (tertiary/aromatic N) is 1. The quantitative estimate of drug-likeness (QED) is 0.601. The first kappa shape index (κ1) is 20.5. The molecule has 8 N–H and O–H groups in total. The van der Waals surface area contributed by atoms with Crippen LogP contribution in [0.1, 0.15) is 11.5 Å². The summed E-state index contributed by atoms with van der Waals surface area (Å²) < 4.78 is 0. The van der Waals surface area contributed by atoms with Crippen LogP contribution in [0, 0.1) is 0 Å². The van der Waals surface area contributed by atoms with Crippen molar-refractivity contribution in [2.75, 3.05) is 11.9 Å². The number of hydrogen-bond donors (Lipinski definition) is 3. The smallest absolute Gasteiger partial charge is 0.0885 e. The topological polar surface area (TPSA) is 130 Å². The lowest BCUT2D eigenvalue weighted by atomic mass is 9.99. The molecule has 2 aromatic carbocycles. The van der Waals surface area contributed by atoms with Gasteiger partial charge in [-0.25, -0.2) is 0 Å². The standard InChI is InChI=1S/C18H18N4S.2H2O/c19-10-17(14-4-2-1-3-5-14)18(23)22-16-8-6-13(7-9-16)15-11-20-21-12-15;;/h1-9,11-12,17H,10,19H2,(H,20,21)(H,22,23);2*1H2. The summed E-state index contributed by atoms with van der Waals surface area (Å²) in [7, 11) is 0. The van der Waals surface area contributed by atoms with E-state index in [9.17, 15) is 0 Å². The molecule has 3 aromatic rings. The molecule has 0 aliphatic heterocycles. The maximum Gasteiger partial charge on any atom is 0.0885 e. The van der Waals surface area contributed by atoms with Crippen LogP contribution in [0.2, 0.25) is 0 Å². The highest BCUT2D eigenvalue weighted by molar-refractivity contribution is 7.80. The molecular weight excluding hydrogens is 336 g/mol. The summed E-state index contributed by atoms with van der Waals surface area (Å²) in [5.41, 5.74) is 10.2. The van der Waals surface area contributed by atoms with Gasteiger partial charge in [0.15, 0.2) is 0 Å². The maximum atomic E-state index is 5.91. The highest BCUT2D eigenvalue weighted by Crippen LogP contribution is 2.22. The van der Waals surface area contributed by atoms with E-state index in [2.05, 4.69) is 15.5 Å². The van der Waals surface area contributed by atoms with Crippen LogP contribution in [0.5, 0.6) is 0 Å². The van der Waals surface area contributed by atoms with Crippen LogP contribution >= 0.6 is 12.2 Å². The number of benzene rings is 2. The minimum atomic E-state index is 0. The third kappa shape index (κ3) is 4.94. The number of H-pyrrole nitrogens is 1. The molecule has 3 rings (SSSR count). The molecule has 1 unspecified atom stereocenters. The van der Waals surface area contributed by atoms with Gasteiger partial charge in [-0.3, -0.25) is 5.10 Å². The normalized spacial score (nSPS) is 10.9. The second-order valence-electron chi connectivity index (χ2n) is 5.25. The first-order chi connectivity index (χ1) is 11.3. The summed E-state index contributed by atoms with van der Waals surface area (Å²) >= 11 is 5.55. The molecule has 0 saturated carbocycles. The molecule has 25 heavy (non-hydrogen) atoms. The SMILES string of the molecule is NCC(C(=S)Nc1ccc(-c2cn[nH]c2)cc1)c1ccccc1.O.O. The molecule has 0 amide bonds. The molecule has 0 radical (unpaired) electrons. The van der Waals surface area contributed by atoms with Crippen LogP contribution < -0.4 is 11.1 Å². The van der Waals surface area contributed by atoms with Gasteiger partial charge < -0.3 is 22.0 Å². The summed E-state index contributed by atoms with van der Waals surface area (Å²) in [5, 5.41) is 10.1. The Morgan fingerprint density at radius 2 is 1.72 bits per heavy atom. The molecule has 0 saturated heterocycles. The van der Waals surface area contributed by atoms with Gasteiger partial charge in [0.25, 0.3) is 0 Å². The first-order valence-corrected chi connectivity index (χ1v) is 7.84. The predicted molar refractivity (Wildman–Crippen MR) is 106 cm³/mol. The fourth-order valence-electron chi connectivity index (χ4n) is 2.46. The van der Waals surface area contributed by atoms with Crippen molar-refractivity contribution < 1.29 is 11.0 Å². The molecule has 7 heteroatoms. The van der Waals surface area contributed by atoms with Gasteiger partial charge in [0, 0.05) is 29.9 Å². The highest BCUT2D eigenvalue weighted by Gasteiger charge is 2.15. The van der Waals surface area contributed by atoms with Gasteiger partial charge in [-0.1, -0.05) is 54.7 Å². The Balaban J connectivity index is 0.00000156. The van der Waals surface area contributed by atoms with E-state index in [-0.39, 0.29) is 16.9 Å². The Morgan fingerprint density at radius 3 is 2.28 bits per heavy atom. The highest BCUT2D eigenvalue weighted by atomic mass is 32.1. The lowest BCUT2D eigenvalue weighted by Gasteiger charge is -2.18. The van der Waals surface area contributed by atoms with Crippen molar-refractivity contribution in [3.8, 4) is 11.1 Å². The molecule has 6 nitrogen and oxygen atoms in total. The first-order valence-electron chi connectivity index (χ1n) is 7.43. The second kappa shape index (κ2) is 9.65. The molecule has 0 bridgehead atoms. The lowest BCUT2D eigenvalue weighted by Crippen LogP contribution is -2.25. The van der Waals surface area contributed by atoms with Gasteiger partial charge in [0.2, 0.25) is 0 Å².